The number of rotatable bonds is 5. The topological polar surface area (TPSA) is 72.1 Å². The van der Waals surface area contributed by atoms with Gasteiger partial charge < -0.3 is 9.42 Å². The van der Waals surface area contributed by atoms with Gasteiger partial charge >= 0.3 is 0 Å². The Balaban J connectivity index is 1.45. The van der Waals surface area contributed by atoms with Crippen molar-refractivity contribution in [1.82, 2.24) is 20.0 Å². The standard InChI is InChI=1S/C20H20N4O2/c1-2-14-3-5-15(6-4-14)12-24-13-17(11-18(24)25)20-22-19(23-26-20)16-7-9-21-10-8-16/h3-10,17H,2,11-13H2,1H3. The minimum atomic E-state index is -0.0551. The maximum Gasteiger partial charge on any atom is 0.232 e. The summed E-state index contributed by atoms with van der Waals surface area (Å²) in [5, 5.41) is 4.04. The molecule has 0 aliphatic carbocycles. The first kappa shape index (κ1) is 16.4. The number of carbonyl (C=O) groups is 1. The van der Waals surface area contributed by atoms with E-state index in [1.807, 2.05) is 17.0 Å². The van der Waals surface area contributed by atoms with Gasteiger partial charge in [0.2, 0.25) is 17.6 Å². The molecule has 1 aliphatic rings. The minimum absolute atomic E-state index is 0.0551. The molecule has 26 heavy (non-hydrogen) atoms. The monoisotopic (exact) mass is 348 g/mol. The number of hydrogen-bond acceptors (Lipinski definition) is 5. The van der Waals surface area contributed by atoms with Crippen LogP contribution in [0.25, 0.3) is 11.4 Å². The molecule has 0 spiro atoms. The van der Waals surface area contributed by atoms with E-state index in [2.05, 4.69) is 46.3 Å². The van der Waals surface area contributed by atoms with E-state index in [0.717, 1.165) is 17.5 Å². The van der Waals surface area contributed by atoms with Crippen molar-refractivity contribution >= 4 is 5.91 Å². The molecule has 3 heterocycles. The summed E-state index contributed by atoms with van der Waals surface area (Å²) in [6.45, 7) is 3.35. The van der Waals surface area contributed by atoms with Crippen molar-refractivity contribution < 1.29 is 9.32 Å². The van der Waals surface area contributed by atoms with E-state index in [4.69, 9.17) is 4.52 Å². The molecule has 0 bridgehead atoms. The van der Waals surface area contributed by atoms with Crippen LogP contribution in [0, 0.1) is 0 Å². The van der Waals surface area contributed by atoms with Crippen LogP contribution in [0.3, 0.4) is 0 Å². The van der Waals surface area contributed by atoms with Crippen LogP contribution < -0.4 is 0 Å². The molecule has 1 saturated heterocycles. The van der Waals surface area contributed by atoms with Crippen LogP contribution in [-0.2, 0) is 17.8 Å². The molecule has 132 valence electrons. The van der Waals surface area contributed by atoms with Crippen LogP contribution in [-0.4, -0.2) is 32.5 Å². The number of aryl methyl sites for hydroxylation is 1. The molecule has 2 aromatic heterocycles. The van der Waals surface area contributed by atoms with Crippen LogP contribution in [0.5, 0.6) is 0 Å². The molecule has 1 fully saturated rings. The van der Waals surface area contributed by atoms with Crippen LogP contribution in [0.4, 0.5) is 0 Å². The average molecular weight is 348 g/mol. The predicted molar refractivity (Wildman–Crippen MR) is 96.1 cm³/mol. The Kier molecular flexibility index (Phi) is 4.48. The Bertz CT molecular complexity index is 890. The molecule has 4 rings (SSSR count). The average Bonchev–Trinajstić information content (AvgIpc) is 3.31. The number of amides is 1. The van der Waals surface area contributed by atoms with E-state index in [1.165, 1.54) is 5.56 Å². The van der Waals surface area contributed by atoms with E-state index >= 15 is 0 Å². The fourth-order valence-corrected chi connectivity index (χ4v) is 3.21. The van der Waals surface area contributed by atoms with Gasteiger partial charge in [0, 0.05) is 37.5 Å². The highest BCUT2D eigenvalue weighted by Crippen LogP contribution is 2.29. The lowest BCUT2D eigenvalue weighted by Gasteiger charge is -2.16. The number of aromatic nitrogens is 3. The Morgan fingerprint density at radius 2 is 1.85 bits per heavy atom. The third-order valence-corrected chi connectivity index (χ3v) is 4.75. The first-order valence-electron chi connectivity index (χ1n) is 8.82. The molecular formula is C20H20N4O2. The van der Waals surface area contributed by atoms with E-state index in [9.17, 15) is 4.79 Å². The molecule has 1 atom stereocenters. The third-order valence-electron chi connectivity index (χ3n) is 4.75. The lowest BCUT2D eigenvalue weighted by Crippen LogP contribution is -2.24. The minimum Gasteiger partial charge on any atom is -0.339 e. The maximum atomic E-state index is 12.4. The zero-order chi connectivity index (χ0) is 17.9. The Hall–Kier alpha value is -3.02. The summed E-state index contributed by atoms with van der Waals surface area (Å²) >= 11 is 0. The highest BCUT2D eigenvalue weighted by Gasteiger charge is 2.34. The third kappa shape index (κ3) is 3.35. The van der Waals surface area contributed by atoms with Gasteiger partial charge in [0.25, 0.3) is 0 Å². The number of hydrogen-bond donors (Lipinski definition) is 0. The predicted octanol–water partition coefficient (Wildman–Crippen LogP) is 3.21. The second kappa shape index (κ2) is 7.07. The number of likely N-dealkylation sites (tertiary alicyclic amines) is 1. The molecule has 0 N–H and O–H groups in total. The molecule has 1 aliphatic heterocycles. The second-order valence-corrected chi connectivity index (χ2v) is 6.54. The van der Waals surface area contributed by atoms with Crippen LogP contribution in [0.2, 0.25) is 0 Å². The Labute approximate surface area is 151 Å². The highest BCUT2D eigenvalue weighted by atomic mass is 16.5. The van der Waals surface area contributed by atoms with Crippen molar-refractivity contribution in [2.24, 2.45) is 0 Å². The van der Waals surface area contributed by atoms with Gasteiger partial charge in [0.05, 0.1) is 5.92 Å². The fraction of sp³-hybridized carbons (Fsp3) is 0.300. The molecule has 3 aromatic rings. The summed E-state index contributed by atoms with van der Waals surface area (Å²) in [4.78, 5) is 22.7. The Morgan fingerprint density at radius 3 is 2.58 bits per heavy atom. The molecule has 0 radical (unpaired) electrons. The molecule has 6 heteroatoms. The first-order valence-corrected chi connectivity index (χ1v) is 8.82. The van der Waals surface area contributed by atoms with Gasteiger partial charge in [-0.15, -0.1) is 0 Å². The molecule has 1 aromatic carbocycles. The van der Waals surface area contributed by atoms with Crippen LogP contribution >= 0.6 is 0 Å². The van der Waals surface area contributed by atoms with Crippen molar-refractivity contribution in [3.63, 3.8) is 0 Å². The summed E-state index contributed by atoms with van der Waals surface area (Å²) in [5.41, 5.74) is 3.29. The van der Waals surface area contributed by atoms with Crippen LogP contribution in [0.1, 0.15) is 36.3 Å². The number of nitrogens with zero attached hydrogens (tertiary/aromatic N) is 4. The first-order chi connectivity index (χ1) is 12.7. The smallest absolute Gasteiger partial charge is 0.232 e. The molecule has 0 saturated carbocycles. The van der Waals surface area contributed by atoms with Gasteiger partial charge in [-0.05, 0) is 29.7 Å². The zero-order valence-electron chi connectivity index (χ0n) is 14.6. The zero-order valence-corrected chi connectivity index (χ0v) is 14.6. The molecule has 6 nitrogen and oxygen atoms in total. The number of benzene rings is 1. The number of carbonyl (C=O) groups excluding carboxylic acids is 1. The van der Waals surface area contributed by atoms with E-state index in [0.29, 0.717) is 31.2 Å². The summed E-state index contributed by atoms with van der Waals surface area (Å²) in [6.07, 6.45) is 4.80. The van der Waals surface area contributed by atoms with Crippen LogP contribution in [0.15, 0.2) is 53.3 Å². The van der Waals surface area contributed by atoms with E-state index < -0.39 is 0 Å². The summed E-state index contributed by atoms with van der Waals surface area (Å²) < 4.78 is 5.42. The summed E-state index contributed by atoms with van der Waals surface area (Å²) in [6, 6.07) is 12.1. The van der Waals surface area contributed by atoms with Gasteiger partial charge in [-0.25, -0.2) is 0 Å². The maximum absolute atomic E-state index is 12.4. The van der Waals surface area contributed by atoms with Gasteiger partial charge in [0.15, 0.2) is 0 Å². The summed E-state index contributed by atoms with van der Waals surface area (Å²) in [7, 11) is 0. The second-order valence-electron chi connectivity index (χ2n) is 6.54. The molecular weight excluding hydrogens is 328 g/mol. The Morgan fingerprint density at radius 1 is 1.12 bits per heavy atom. The van der Waals surface area contributed by atoms with Crippen molar-refractivity contribution in [2.75, 3.05) is 6.54 Å². The summed E-state index contributed by atoms with van der Waals surface area (Å²) in [5.74, 6) is 1.12. The van der Waals surface area contributed by atoms with Gasteiger partial charge in [-0.3, -0.25) is 9.78 Å². The van der Waals surface area contributed by atoms with E-state index in [1.54, 1.807) is 12.4 Å². The fourth-order valence-electron chi connectivity index (χ4n) is 3.21. The van der Waals surface area contributed by atoms with Crippen molar-refractivity contribution in [2.45, 2.75) is 32.2 Å². The molecule has 1 unspecified atom stereocenters. The van der Waals surface area contributed by atoms with Gasteiger partial charge in [-0.2, -0.15) is 4.98 Å². The lowest BCUT2D eigenvalue weighted by atomic mass is 10.1. The van der Waals surface area contributed by atoms with Gasteiger partial charge in [-0.1, -0.05) is 36.3 Å². The van der Waals surface area contributed by atoms with Gasteiger partial charge in [0.1, 0.15) is 0 Å². The van der Waals surface area contributed by atoms with Crippen molar-refractivity contribution in [1.29, 1.82) is 0 Å². The normalized spacial score (nSPS) is 17.0. The largest absolute Gasteiger partial charge is 0.339 e. The quantitative estimate of drug-likeness (QED) is 0.708. The van der Waals surface area contributed by atoms with Crippen molar-refractivity contribution in [3.05, 3.63) is 65.8 Å². The lowest BCUT2D eigenvalue weighted by molar-refractivity contribution is -0.128. The molecule has 1 amide bonds. The van der Waals surface area contributed by atoms with Crippen molar-refractivity contribution in [3.8, 4) is 11.4 Å². The highest BCUT2D eigenvalue weighted by molar-refractivity contribution is 5.79. The van der Waals surface area contributed by atoms with E-state index in [-0.39, 0.29) is 11.8 Å². The SMILES string of the molecule is CCc1ccc(CN2CC(c3nc(-c4ccncc4)no3)CC2=O)cc1. The number of pyridine rings is 1.